The number of halogens is 2. The van der Waals surface area contributed by atoms with Crippen LogP contribution >= 0.6 is 23.2 Å². The molecule has 5 nitrogen and oxygen atoms in total. The quantitative estimate of drug-likeness (QED) is 0.427. The maximum Gasteiger partial charge on any atom is 0.275 e. The zero-order valence-corrected chi connectivity index (χ0v) is 20.2. The maximum absolute atomic E-state index is 13.7. The zero-order chi connectivity index (χ0) is 24.2. The van der Waals surface area contributed by atoms with E-state index in [1.165, 1.54) is 9.13 Å². The molecule has 0 fully saturated rings. The lowest BCUT2D eigenvalue weighted by molar-refractivity contribution is 0.415. The second-order valence-corrected chi connectivity index (χ2v) is 8.52. The van der Waals surface area contributed by atoms with E-state index in [0.29, 0.717) is 21.4 Å². The van der Waals surface area contributed by atoms with Gasteiger partial charge in [-0.25, -0.2) is 0 Å². The van der Waals surface area contributed by atoms with Gasteiger partial charge in [0, 0.05) is 22.7 Å². The van der Waals surface area contributed by atoms with Crippen molar-refractivity contribution in [3.05, 3.63) is 131 Å². The molecule has 0 radical (unpaired) electrons. The lowest BCUT2D eigenvalue weighted by Crippen LogP contribution is -2.57. The summed E-state index contributed by atoms with van der Waals surface area (Å²) < 4.78 is 8.02. The van der Waals surface area contributed by atoms with Gasteiger partial charge in [0.1, 0.15) is 16.4 Å². The molecule has 34 heavy (non-hydrogen) atoms. The third-order valence-corrected chi connectivity index (χ3v) is 6.18. The van der Waals surface area contributed by atoms with Crippen molar-refractivity contribution < 1.29 is 4.74 Å². The molecule has 1 heterocycles. The second kappa shape index (κ2) is 10.2. The molecule has 0 bridgehead atoms. The molecule has 3 aromatic carbocycles. The van der Waals surface area contributed by atoms with E-state index in [4.69, 9.17) is 27.9 Å². The largest absolute Gasteiger partial charge is 0.497 e. The van der Waals surface area contributed by atoms with Crippen molar-refractivity contribution in [2.24, 2.45) is 7.05 Å². The Labute approximate surface area is 206 Å². The SMILES string of the molecule is COc1ccc(C=c2c(=O)n(Cc3ccccc3)c(=Cc3c(Cl)cccc3Cl)c(=O)n2C)cc1. The predicted octanol–water partition coefficient (Wildman–Crippen LogP) is 3.57. The maximum atomic E-state index is 13.7. The molecular formula is C27H22Cl2N2O3. The van der Waals surface area contributed by atoms with Crippen LogP contribution in [0.25, 0.3) is 12.2 Å². The highest BCUT2D eigenvalue weighted by Gasteiger charge is 2.11. The molecule has 4 aromatic rings. The summed E-state index contributed by atoms with van der Waals surface area (Å²) in [5.74, 6) is 0.703. The summed E-state index contributed by atoms with van der Waals surface area (Å²) in [5.41, 5.74) is 1.48. The Morgan fingerprint density at radius 3 is 2.06 bits per heavy atom. The minimum Gasteiger partial charge on any atom is -0.497 e. The van der Waals surface area contributed by atoms with Gasteiger partial charge in [0.25, 0.3) is 11.1 Å². The summed E-state index contributed by atoms with van der Waals surface area (Å²) in [5, 5.41) is 1.23. The average molecular weight is 493 g/mol. The first-order chi connectivity index (χ1) is 16.4. The molecule has 172 valence electrons. The van der Waals surface area contributed by atoms with E-state index in [1.54, 1.807) is 56.6 Å². The van der Waals surface area contributed by atoms with Crippen LogP contribution in [-0.4, -0.2) is 16.2 Å². The summed E-state index contributed by atoms with van der Waals surface area (Å²) in [6.07, 6.45) is 3.27. The number of rotatable bonds is 5. The fourth-order valence-corrected chi connectivity index (χ4v) is 4.16. The van der Waals surface area contributed by atoms with Crippen molar-refractivity contribution in [2.45, 2.75) is 6.54 Å². The fraction of sp³-hybridized carbons (Fsp3) is 0.111. The minimum absolute atomic E-state index is 0.193. The summed E-state index contributed by atoms with van der Waals surface area (Å²) in [6.45, 7) is 0.215. The van der Waals surface area contributed by atoms with Crippen LogP contribution in [0, 0.1) is 0 Å². The van der Waals surface area contributed by atoms with Gasteiger partial charge in [0.15, 0.2) is 0 Å². The molecule has 0 amide bonds. The van der Waals surface area contributed by atoms with Crippen LogP contribution in [0.3, 0.4) is 0 Å². The smallest absolute Gasteiger partial charge is 0.275 e. The van der Waals surface area contributed by atoms with Crippen LogP contribution in [0.2, 0.25) is 10.0 Å². The van der Waals surface area contributed by atoms with Gasteiger partial charge in [-0.3, -0.25) is 14.2 Å². The minimum atomic E-state index is -0.341. The molecule has 0 aliphatic rings. The van der Waals surface area contributed by atoms with Crippen molar-refractivity contribution >= 4 is 35.4 Å². The number of hydrogen-bond donors (Lipinski definition) is 0. The Hall–Kier alpha value is -3.54. The highest BCUT2D eigenvalue weighted by molar-refractivity contribution is 6.37. The molecular weight excluding hydrogens is 471 g/mol. The van der Waals surface area contributed by atoms with Crippen molar-refractivity contribution in [3.63, 3.8) is 0 Å². The predicted molar refractivity (Wildman–Crippen MR) is 137 cm³/mol. The molecule has 0 N–H and O–H groups in total. The van der Waals surface area contributed by atoms with E-state index in [-0.39, 0.29) is 28.4 Å². The lowest BCUT2D eigenvalue weighted by atomic mass is 10.2. The van der Waals surface area contributed by atoms with Crippen LogP contribution in [0.4, 0.5) is 0 Å². The van der Waals surface area contributed by atoms with E-state index < -0.39 is 0 Å². The first-order valence-electron chi connectivity index (χ1n) is 10.5. The van der Waals surface area contributed by atoms with Gasteiger partial charge < -0.3 is 9.30 Å². The van der Waals surface area contributed by atoms with Gasteiger partial charge in [-0.15, -0.1) is 0 Å². The van der Waals surface area contributed by atoms with Crippen LogP contribution in [0.1, 0.15) is 16.7 Å². The summed E-state index contributed by atoms with van der Waals surface area (Å²) in [4.78, 5) is 27.2. The van der Waals surface area contributed by atoms with E-state index >= 15 is 0 Å². The van der Waals surface area contributed by atoms with Gasteiger partial charge in [0.2, 0.25) is 0 Å². The zero-order valence-electron chi connectivity index (χ0n) is 18.7. The second-order valence-electron chi connectivity index (χ2n) is 7.71. The molecule has 1 aromatic heterocycles. The normalized spacial score (nSPS) is 12.2. The van der Waals surface area contributed by atoms with Crippen molar-refractivity contribution in [2.75, 3.05) is 7.11 Å². The number of methoxy groups -OCH3 is 1. The molecule has 0 saturated heterocycles. The highest BCUT2D eigenvalue weighted by Crippen LogP contribution is 2.24. The summed E-state index contributed by atoms with van der Waals surface area (Å²) >= 11 is 12.7. The average Bonchev–Trinajstić information content (AvgIpc) is 2.85. The van der Waals surface area contributed by atoms with Gasteiger partial charge >= 0.3 is 0 Å². The Morgan fingerprint density at radius 2 is 1.44 bits per heavy atom. The van der Waals surface area contributed by atoms with Gasteiger partial charge in [-0.2, -0.15) is 0 Å². The van der Waals surface area contributed by atoms with Crippen molar-refractivity contribution in [3.8, 4) is 5.75 Å². The van der Waals surface area contributed by atoms with E-state index in [2.05, 4.69) is 0 Å². The van der Waals surface area contributed by atoms with Crippen LogP contribution in [-0.2, 0) is 13.6 Å². The summed E-state index contributed by atoms with van der Waals surface area (Å²) in [6, 6.07) is 21.8. The molecule has 0 saturated carbocycles. The van der Waals surface area contributed by atoms with E-state index in [9.17, 15) is 9.59 Å². The Kier molecular flexibility index (Phi) is 7.06. The molecule has 0 spiro atoms. The number of benzene rings is 3. The molecule has 0 aliphatic carbocycles. The highest BCUT2D eigenvalue weighted by atomic mass is 35.5. The standard InChI is InChI=1S/C27H22Cl2N2O3/c1-30-24(15-18-11-13-20(34-2)14-12-18)27(33)31(17-19-7-4-3-5-8-19)25(26(30)32)16-21-22(28)9-6-10-23(21)29/h3-16H,17H2,1-2H3. The van der Waals surface area contributed by atoms with Gasteiger partial charge in [0.05, 0.1) is 13.7 Å². The lowest BCUT2D eigenvalue weighted by Gasteiger charge is -2.11. The molecule has 4 rings (SSSR count). The van der Waals surface area contributed by atoms with Crippen molar-refractivity contribution in [1.29, 1.82) is 0 Å². The topological polar surface area (TPSA) is 53.2 Å². The van der Waals surface area contributed by atoms with E-state index in [1.807, 2.05) is 42.5 Å². The van der Waals surface area contributed by atoms with Gasteiger partial charge in [-0.1, -0.05) is 71.7 Å². The molecule has 0 aliphatic heterocycles. The Morgan fingerprint density at radius 1 is 0.794 bits per heavy atom. The third-order valence-electron chi connectivity index (χ3n) is 5.52. The number of nitrogens with zero attached hydrogens (tertiary/aromatic N) is 2. The first-order valence-corrected chi connectivity index (χ1v) is 11.3. The Balaban J connectivity index is 2.04. The number of ether oxygens (including phenoxy) is 1. The van der Waals surface area contributed by atoms with Crippen LogP contribution in [0.5, 0.6) is 5.75 Å². The third kappa shape index (κ3) is 4.86. The van der Waals surface area contributed by atoms with Gasteiger partial charge in [-0.05, 0) is 47.5 Å². The molecule has 7 heteroatoms. The monoisotopic (exact) mass is 492 g/mol. The van der Waals surface area contributed by atoms with E-state index in [0.717, 1.165) is 11.1 Å². The summed E-state index contributed by atoms with van der Waals surface area (Å²) in [7, 11) is 3.17. The van der Waals surface area contributed by atoms with Crippen molar-refractivity contribution in [1.82, 2.24) is 9.13 Å². The number of aromatic nitrogens is 2. The molecule has 0 unspecified atom stereocenters. The fourth-order valence-electron chi connectivity index (χ4n) is 3.65. The number of hydrogen-bond acceptors (Lipinski definition) is 3. The molecule has 0 atom stereocenters. The Bertz CT molecular complexity index is 1550. The van der Waals surface area contributed by atoms with Crippen LogP contribution in [0.15, 0.2) is 82.4 Å². The first kappa shape index (κ1) is 23.6. The van der Waals surface area contributed by atoms with Crippen LogP contribution < -0.4 is 26.6 Å².